The molecule has 1 aromatic heterocycles. The highest BCUT2D eigenvalue weighted by Gasteiger charge is 2.13. The summed E-state index contributed by atoms with van der Waals surface area (Å²) in [6, 6.07) is 20.7. The van der Waals surface area contributed by atoms with Gasteiger partial charge in [-0.2, -0.15) is 0 Å². The monoisotopic (exact) mass is 669 g/mol. The number of thiocarbonyl (C=S) groups is 1. The van der Waals surface area contributed by atoms with Gasteiger partial charge in [-0.05, 0) is 82.1 Å². The molecule has 0 saturated heterocycles. The Balaban J connectivity index is 1.30. The smallest absolute Gasteiger partial charge is 0.250 e. The van der Waals surface area contributed by atoms with E-state index >= 15 is 0 Å². The first-order chi connectivity index (χ1) is 18.3. The zero-order valence-corrected chi connectivity index (χ0v) is 24.5. The number of hydrogen-bond acceptors (Lipinski definition) is 5. The van der Waals surface area contributed by atoms with Gasteiger partial charge in [0, 0.05) is 37.8 Å². The Morgan fingerprint density at radius 1 is 1.08 bits per heavy atom. The Kier molecular flexibility index (Phi) is 7.80. The molecule has 0 atom stereocenters. The van der Waals surface area contributed by atoms with Gasteiger partial charge >= 0.3 is 0 Å². The Bertz CT molecular complexity index is 1750. The van der Waals surface area contributed by atoms with Crippen molar-refractivity contribution in [2.75, 3.05) is 12.4 Å². The van der Waals surface area contributed by atoms with Crippen LogP contribution in [0, 0.1) is 0 Å². The van der Waals surface area contributed by atoms with Crippen LogP contribution in [0.4, 0.5) is 5.69 Å². The van der Waals surface area contributed by atoms with Crippen molar-refractivity contribution in [1.82, 2.24) is 10.3 Å². The lowest BCUT2D eigenvalue weighted by Gasteiger charge is -2.09. The maximum Gasteiger partial charge on any atom is 0.250 e. The lowest BCUT2D eigenvalue weighted by atomic mass is 10.0. The van der Waals surface area contributed by atoms with Crippen molar-refractivity contribution in [1.29, 1.82) is 0 Å². The summed E-state index contributed by atoms with van der Waals surface area (Å²) in [7, 11) is 1.57. The SMILES string of the molecule is COc1c(Br)cc(Br)cc1/C=C/C(=O)NC(=S)Nc1ccc2oc(-c3cccc4c(Cl)cccc34)nc2c1. The van der Waals surface area contributed by atoms with Crippen molar-refractivity contribution in [2.24, 2.45) is 0 Å². The summed E-state index contributed by atoms with van der Waals surface area (Å²) in [6.45, 7) is 0. The lowest BCUT2D eigenvalue weighted by Crippen LogP contribution is -2.32. The molecule has 0 aliphatic heterocycles. The zero-order valence-electron chi connectivity index (χ0n) is 19.7. The van der Waals surface area contributed by atoms with E-state index in [1.807, 2.05) is 48.5 Å². The van der Waals surface area contributed by atoms with Gasteiger partial charge in [0.05, 0.1) is 11.6 Å². The van der Waals surface area contributed by atoms with Crippen LogP contribution < -0.4 is 15.4 Å². The summed E-state index contributed by atoms with van der Waals surface area (Å²) in [5.41, 5.74) is 3.50. The number of fused-ring (bicyclic) bond motifs is 2. The molecule has 1 heterocycles. The van der Waals surface area contributed by atoms with Crippen LogP contribution in [0.5, 0.6) is 5.75 Å². The summed E-state index contributed by atoms with van der Waals surface area (Å²) in [5.74, 6) is 0.713. The minimum atomic E-state index is -0.389. The first-order valence-corrected chi connectivity index (χ1v) is 13.6. The van der Waals surface area contributed by atoms with E-state index in [9.17, 15) is 4.79 Å². The summed E-state index contributed by atoms with van der Waals surface area (Å²) in [4.78, 5) is 17.1. The molecule has 0 saturated carbocycles. The van der Waals surface area contributed by atoms with E-state index in [1.165, 1.54) is 6.08 Å². The normalized spacial score (nSPS) is 11.3. The number of ether oxygens (including phenoxy) is 1. The molecule has 0 aliphatic carbocycles. The van der Waals surface area contributed by atoms with Crippen LogP contribution in [0.2, 0.25) is 5.02 Å². The first-order valence-electron chi connectivity index (χ1n) is 11.2. The summed E-state index contributed by atoms with van der Waals surface area (Å²) < 4.78 is 13.0. The molecule has 38 heavy (non-hydrogen) atoms. The van der Waals surface area contributed by atoms with Crippen molar-refractivity contribution >= 4 is 100 Å². The Morgan fingerprint density at radius 2 is 1.87 bits per heavy atom. The average Bonchev–Trinajstić information content (AvgIpc) is 3.30. The Morgan fingerprint density at radius 3 is 2.68 bits per heavy atom. The van der Waals surface area contributed by atoms with E-state index in [2.05, 4.69) is 47.5 Å². The van der Waals surface area contributed by atoms with Gasteiger partial charge in [-0.1, -0.05) is 51.8 Å². The lowest BCUT2D eigenvalue weighted by molar-refractivity contribution is -0.115. The fourth-order valence-electron chi connectivity index (χ4n) is 3.98. The molecule has 5 aromatic rings. The second-order valence-corrected chi connectivity index (χ2v) is 10.7. The van der Waals surface area contributed by atoms with E-state index in [0.29, 0.717) is 33.4 Å². The second kappa shape index (κ2) is 11.2. The molecule has 0 fully saturated rings. The van der Waals surface area contributed by atoms with Crippen LogP contribution in [0.15, 0.2) is 86.2 Å². The number of nitrogens with zero attached hydrogens (tertiary/aromatic N) is 1. The fraction of sp³-hybridized carbons (Fsp3) is 0.0357. The molecule has 0 unspecified atom stereocenters. The third-order valence-corrected chi connectivity index (χ3v) is 7.22. The predicted octanol–water partition coefficient (Wildman–Crippen LogP) is 8.36. The number of benzene rings is 4. The van der Waals surface area contributed by atoms with Gasteiger partial charge < -0.3 is 14.5 Å². The molecule has 1 amide bonds. The second-order valence-electron chi connectivity index (χ2n) is 8.13. The van der Waals surface area contributed by atoms with Crippen LogP contribution >= 0.6 is 55.7 Å². The van der Waals surface area contributed by atoms with Gasteiger partial charge in [0.25, 0.3) is 0 Å². The third kappa shape index (κ3) is 5.61. The number of halogens is 3. The summed E-state index contributed by atoms with van der Waals surface area (Å²) in [5, 5.41) is 8.36. The average molecular weight is 672 g/mol. The highest BCUT2D eigenvalue weighted by molar-refractivity contribution is 9.11. The number of amides is 1. The number of anilines is 1. The molecule has 2 N–H and O–H groups in total. The minimum Gasteiger partial charge on any atom is -0.495 e. The molecule has 4 aromatic carbocycles. The topological polar surface area (TPSA) is 76.4 Å². The number of carbonyl (C=O) groups is 1. The largest absolute Gasteiger partial charge is 0.495 e. The van der Waals surface area contributed by atoms with Gasteiger partial charge in [-0.15, -0.1) is 0 Å². The molecule has 190 valence electrons. The quantitative estimate of drug-likeness (QED) is 0.145. The molecule has 5 rings (SSSR count). The number of methoxy groups -OCH3 is 1. The summed E-state index contributed by atoms with van der Waals surface area (Å²) >= 11 is 18.6. The maximum absolute atomic E-state index is 12.5. The Hall–Kier alpha value is -3.24. The Labute approximate surface area is 245 Å². The van der Waals surface area contributed by atoms with Crippen molar-refractivity contribution < 1.29 is 13.9 Å². The van der Waals surface area contributed by atoms with Crippen LogP contribution in [0.1, 0.15) is 5.56 Å². The molecule has 10 heteroatoms. The molecule has 0 radical (unpaired) electrons. The number of rotatable bonds is 5. The highest BCUT2D eigenvalue weighted by Crippen LogP contribution is 2.35. The minimum absolute atomic E-state index is 0.147. The van der Waals surface area contributed by atoms with Crippen molar-refractivity contribution in [3.63, 3.8) is 0 Å². The van der Waals surface area contributed by atoms with Crippen molar-refractivity contribution in [3.05, 3.63) is 92.3 Å². The van der Waals surface area contributed by atoms with Crippen LogP contribution in [0.25, 0.3) is 39.4 Å². The molecule has 0 bridgehead atoms. The van der Waals surface area contributed by atoms with Gasteiger partial charge in [0.2, 0.25) is 11.8 Å². The van der Waals surface area contributed by atoms with Gasteiger partial charge in [-0.3, -0.25) is 10.1 Å². The number of nitrogens with one attached hydrogen (secondary N) is 2. The van der Waals surface area contributed by atoms with E-state index in [0.717, 1.165) is 30.8 Å². The van der Waals surface area contributed by atoms with Gasteiger partial charge in [-0.25, -0.2) is 4.98 Å². The van der Waals surface area contributed by atoms with Crippen molar-refractivity contribution in [3.8, 4) is 17.2 Å². The van der Waals surface area contributed by atoms with Gasteiger partial charge in [0.1, 0.15) is 11.3 Å². The predicted molar refractivity (Wildman–Crippen MR) is 164 cm³/mol. The van der Waals surface area contributed by atoms with Crippen molar-refractivity contribution in [2.45, 2.75) is 0 Å². The molecular formula is C28H18Br2ClN3O3S. The molecule has 0 spiro atoms. The van der Waals surface area contributed by atoms with Gasteiger partial charge in [0.15, 0.2) is 10.7 Å². The van der Waals surface area contributed by atoms with E-state index in [-0.39, 0.29) is 11.0 Å². The molecule has 0 aliphatic rings. The van der Waals surface area contributed by atoms with E-state index < -0.39 is 0 Å². The maximum atomic E-state index is 12.5. The highest BCUT2D eigenvalue weighted by atomic mass is 79.9. The van der Waals surface area contributed by atoms with Crippen LogP contribution in [-0.4, -0.2) is 23.1 Å². The van der Waals surface area contributed by atoms with Crippen LogP contribution in [0.3, 0.4) is 0 Å². The number of oxazole rings is 1. The zero-order chi connectivity index (χ0) is 26.8. The van der Waals surface area contributed by atoms with E-state index in [4.69, 9.17) is 33.0 Å². The molecular weight excluding hydrogens is 654 g/mol. The molecule has 6 nitrogen and oxygen atoms in total. The van der Waals surface area contributed by atoms with Crippen LogP contribution in [-0.2, 0) is 4.79 Å². The summed E-state index contributed by atoms with van der Waals surface area (Å²) in [6.07, 6.45) is 3.03. The first kappa shape index (κ1) is 26.4. The number of hydrogen-bond donors (Lipinski definition) is 2. The number of aromatic nitrogens is 1. The van der Waals surface area contributed by atoms with E-state index in [1.54, 1.807) is 31.4 Å². The number of carbonyl (C=O) groups excluding carboxylic acids is 1. The standard InChI is InChI=1S/C28H18Br2ClN3O3S/c1-36-26-15(12-16(29)13-21(26)30)8-11-25(35)34-28(38)32-17-9-10-24-23(14-17)33-27(37-24)20-6-2-5-19-18(20)4-3-7-22(19)31/h2-14H,1H3,(H2,32,34,35,38)/b11-8+. The third-order valence-electron chi connectivity index (χ3n) is 5.64. The fourth-order valence-corrected chi connectivity index (χ4v) is 5.86.